The maximum Gasteiger partial charge on any atom is 0.0845 e. The number of rotatable bonds is 4. The molecule has 0 unspecified atom stereocenters. The summed E-state index contributed by atoms with van der Waals surface area (Å²) in [6.07, 6.45) is 3.73. The Labute approximate surface area is 57.1 Å². The molecule has 0 aliphatic rings. The van der Waals surface area contributed by atoms with E-state index in [9.17, 15) is 0 Å². The Hall–Kier alpha value is -0.500. The van der Waals surface area contributed by atoms with Gasteiger partial charge in [-0.1, -0.05) is 0 Å². The fourth-order valence-electron chi connectivity index (χ4n) is 0.418. The Morgan fingerprint density at radius 1 is 1.44 bits per heavy atom. The minimum atomic E-state index is 0.754. The van der Waals surface area contributed by atoms with Gasteiger partial charge in [0.2, 0.25) is 0 Å². The summed E-state index contributed by atoms with van der Waals surface area (Å²) in [5.74, 6) is 0. The topological polar surface area (TPSA) is 12.5 Å². The van der Waals surface area contributed by atoms with Crippen LogP contribution in [0.3, 0.4) is 0 Å². The third-order valence-corrected chi connectivity index (χ3v) is 0.830. The zero-order valence-electron chi connectivity index (χ0n) is 6.42. The van der Waals surface area contributed by atoms with Crippen LogP contribution in [0, 0.1) is 0 Å². The van der Waals surface area contributed by atoms with Crippen molar-refractivity contribution >= 4 is 0 Å². The predicted molar refractivity (Wildman–Crippen MR) is 39.3 cm³/mol. The lowest BCUT2D eigenvalue weighted by molar-refractivity contribution is 0.266. The van der Waals surface area contributed by atoms with Gasteiger partial charge in [-0.15, -0.1) is 0 Å². The van der Waals surface area contributed by atoms with Crippen molar-refractivity contribution in [1.82, 2.24) is 4.90 Å². The van der Waals surface area contributed by atoms with Gasteiger partial charge in [-0.3, -0.25) is 0 Å². The monoisotopic (exact) mass is 129 g/mol. The van der Waals surface area contributed by atoms with Gasteiger partial charge in [0.25, 0.3) is 0 Å². The molecule has 2 nitrogen and oxygen atoms in total. The Balaban J connectivity index is 3.04. The summed E-state index contributed by atoms with van der Waals surface area (Å²) in [5.41, 5.74) is 0. The van der Waals surface area contributed by atoms with Crippen LogP contribution in [-0.4, -0.2) is 32.1 Å². The van der Waals surface area contributed by atoms with Gasteiger partial charge >= 0.3 is 0 Å². The fourth-order valence-corrected chi connectivity index (χ4v) is 0.418. The highest BCUT2D eigenvalue weighted by molar-refractivity contribution is 4.75. The van der Waals surface area contributed by atoms with E-state index in [2.05, 4.69) is 4.90 Å². The fraction of sp³-hybridized carbons (Fsp3) is 0.714. The first-order chi connectivity index (χ1) is 4.27. The van der Waals surface area contributed by atoms with E-state index >= 15 is 0 Å². The Bertz CT molecular complexity index is 79.0. The molecule has 0 fully saturated rings. The third kappa shape index (κ3) is 7.50. The molecule has 2 heteroatoms. The first-order valence-corrected chi connectivity index (χ1v) is 3.18. The number of hydrogen-bond acceptors (Lipinski definition) is 2. The number of likely N-dealkylation sites (N-methyl/N-ethyl adjacent to an activating group) is 1. The SMILES string of the molecule is CCO/C=C/CN(C)C. The summed E-state index contributed by atoms with van der Waals surface area (Å²) in [4.78, 5) is 2.08. The Morgan fingerprint density at radius 3 is 2.56 bits per heavy atom. The van der Waals surface area contributed by atoms with Crippen molar-refractivity contribution in [2.75, 3.05) is 27.2 Å². The van der Waals surface area contributed by atoms with Gasteiger partial charge in [-0.25, -0.2) is 0 Å². The van der Waals surface area contributed by atoms with Crippen molar-refractivity contribution in [2.45, 2.75) is 6.92 Å². The molecule has 0 amide bonds. The van der Waals surface area contributed by atoms with Crippen molar-refractivity contribution in [2.24, 2.45) is 0 Å². The van der Waals surface area contributed by atoms with E-state index < -0.39 is 0 Å². The molecular formula is C7H15NO. The van der Waals surface area contributed by atoms with Crippen molar-refractivity contribution < 1.29 is 4.74 Å². The molecule has 0 aromatic carbocycles. The highest BCUT2D eigenvalue weighted by Gasteiger charge is 1.79. The lowest BCUT2D eigenvalue weighted by Crippen LogP contribution is -2.10. The molecule has 0 aliphatic carbocycles. The lowest BCUT2D eigenvalue weighted by atomic mass is 10.6. The zero-order chi connectivity index (χ0) is 7.11. The maximum atomic E-state index is 4.98. The second-order valence-corrected chi connectivity index (χ2v) is 2.09. The van der Waals surface area contributed by atoms with Crippen LogP contribution in [0.15, 0.2) is 12.3 Å². The predicted octanol–water partition coefficient (Wildman–Crippen LogP) is 1.10. The summed E-state index contributed by atoms with van der Waals surface area (Å²) in [7, 11) is 4.05. The summed E-state index contributed by atoms with van der Waals surface area (Å²) in [6, 6.07) is 0. The first kappa shape index (κ1) is 8.50. The summed E-state index contributed by atoms with van der Waals surface area (Å²) >= 11 is 0. The minimum Gasteiger partial charge on any atom is -0.502 e. The number of nitrogens with zero attached hydrogens (tertiary/aromatic N) is 1. The van der Waals surface area contributed by atoms with Gasteiger partial charge in [0.1, 0.15) is 0 Å². The van der Waals surface area contributed by atoms with Crippen LogP contribution >= 0.6 is 0 Å². The Kier molecular flexibility index (Phi) is 5.32. The molecule has 0 saturated heterocycles. The second kappa shape index (κ2) is 5.63. The van der Waals surface area contributed by atoms with E-state index in [-0.39, 0.29) is 0 Å². The van der Waals surface area contributed by atoms with Gasteiger partial charge in [-0.05, 0) is 27.1 Å². The molecular weight excluding hydrogens is 114 g/mol. The summed E-state index contributed by atoms with van der Waals surface area (Å²) < 4.78 is 4.98. The molecule has 0 spiro atoms. The summed E-state index contributed by atoms with van der Waals surface area (Å²) in [6.45, 7) is 3.67. The molecule has 0 aliphatic heterocycles. The standard InChI is InChI=1S/C7H15NO/c1-4-9-7-5-6-8(2)3/h5,7H,4,6H2,1-3H3/b7-5+. The molecule has 0 aromatic rings. The molecule has 0 heterocycles. The minimum absolute atomic E-state index is 0.754. The molecule has 54 valence electrons. The quantitative estimate of drug-likeness (QED) is 0.527. The highest BCUT2D eigenvalue weighted by atomic mass is 16.5. The molecule has 0 saturated carbocycles. The van der Waals surface area contributed by atoms with E-state index in [0.29, 0.717) is 0 Å². The van der Waals surface area contributed by atoms with Crippen molar-refractivity contribution in [3.8, 4) is 0 Å². The van der Waals surface area contributed by atoms with E-state index in [1.54, 1.807) is 6.26 Å². The number of ether oxygens (including phenoxy) is 1. The zero-order valence-corrected chi connectivity index (χ0v) is 6.42. The van der Waals surface area contributed by atoms with Crippen LogP contribution in [0.1, 0.15) is 6.92 Å². The van der Waals surface area contributed by atoms with Gasteiger partial charge < -0.3 is 9.64 Å². The van der Waals surface area contributed by atoms with Crippen LogP contribution in [0.2, 0.25) is 0 Å². The van der Waals surface area contributed by atoms with Gasteiger partial charge in [0.15, 0.2) is 0 Å². The van der Waals surface area contributed by atoms with Crippen LogP contribution < -0.4 is 0 Å². The van der Waals surface area contributed by atoms with E-state index in [1.807, 2.05) is 27.1 Å². The van der Waals surface area contributed by atoms with Crippen LogP contribution in [-0.2, 0) is 4.74 Å². The van der Waals surface area contributed by atoms with Crippen LogP contribution in [0.25, 0.3) is 0 Å². The first-order valence-electron chi connectivity index (χ1n) is 3.18. The van der Waals surface area contributed by atoms with Crippen LogP contribution in [0.5, 0.6) is 0 Å². The molecule has 9 heavy (non-hydrogen) atoms. The molecule has 0 atom stereocenters. The van der Waals surface area contributed by atoms with E-state index in [4.69, 9.17) is 4.74 Å². The molecule has 0 N–H and O–H groups in total. The molecule has 0 bridgehead atoms. The molecule has 0 aromatic heterocycles. The van der Waals surface area contributed by atoms with E-state index in [0.717, 1.165) is 13.2 Å². The van der Waals surface area contributed by atoms with E-state index in [1.165, 1.54) is 0 Å². The van der Waals surface area contributed by atoms with Crippen molar-refractivity contribution in [1.29, 1.82) is 0 Å². The smallest absolute Gasteiger partial charge is 0.0845 e. The summed E-state index contributed by atoms with van der Waals surface area (Å²) in [5, 5.41) is 0. The third-order valence-electron chi connectivity index (χ3n) is 0.830. The van der Waals surface area contributed by atoms with Crippen molar-refractivity contribution in [3.63, 3.8) is 0 Å². The van der Waals surface area contributed by atoms with Gasteiger partial charge in [0.05, 0.1) is 12.9 Å². The average molecular weight is 129 g/mol. The normalized spacial score (nSPS) is 11.1. The molecule has 0 rings (SSSR count). The van der Waals surface area contributed by atoms with Gasteiger partial charge in [0, 0.05) is 6.54 Å². The Morgan fingerprint density at radius 2 is 2.11 bits per heavy atom. The molecule has 0 radical (unpaired) electrons. The van der Waals surface area contributed by atoms with Crippen molar-refractivity contribution in [3.05, 3.63) is 12.3 Å². The highest BCUT2D eigenvalue weighted by Crippen LogP contribution is 1.78. The van der Waals surface area contributed by atoms with Crippen LogP contribution in [0.4, 0.5) is 0 Å². The maximum absolute atomic E-state index is 4.98. The largest absolute Gasteiger partial charge is 0.502 e. The lowest BCUT2D eigenvalue weighted by Gasteiger charge is -2.03. The number of hydrogen-bond donors (Lipinski definition) is 0. The van der Waals surface area contributed by atoms with Gasteiger partial charge in [-0.2, -0.15) is 0 Å². The second-order valence-electron chi connectivity index (χ2n) is 2.09. The average Bonchev–Trinajstić information content (AvgIpc) is 1.80.